The van der Waals surface area contributed by atoms with Crippen molar-refractivity contribution in [2.24, 2.45) is 5.41 Å². The van der Waals surface area contributed by atoms with Crippen LogP contribution in [-0.2, 0) is 0 Å². The van der Waals surface area contributed by atoms with E-state index in [4.69, 9.17) is 0 Å². The van der Waals surface area contributed by atoms with E-state index >= 15 is 0 Å². The standard InChI is InChI=1S/C17H26N2OS/c1-17(2,3)13-15(14-7-5-4-6-8-14)18-16(20)19-9-11-21-12-10-19/h4-8,15H,9-13H2,1-3H3,(H,18,20). The maximum absolute atomic E-state index is 12.5. The maximum atomic E-state index is 12.5. The lowest BCUT2D eigenvalue weighted by Crippen LogP contribution is -2.46. The first-order valence-electron chi connectivity index (χ1n) is 7.64. The highest BCUT2D eigenvalue weighted by atomic mass is 32.2. The second-order valence-electron chi connectivity index (χ2n) is 6.78. The number of thioether (sulfide) groups is 1. The third kappa shape index (κ3) is 5.27. The Morgan fingerprint density at radius 1 is 1.24 bits per heavy atom. The third-order valence-electron chi connectivity index (χ3n) is 3.61. The normalized spacial score (nSPS) is 17.4. The minimum absolute atomic E-state index is 0.0771. The smallest absolute Gasteiger partial charge is 0.317 e. The van der Waals surface area contributed by atoms with Gasteiger partial charge in [0.2, 0.25) is 0 Å². The van der Waals surface area contributed by atoms with Gasteiger partial charge in [-0.2, -0.15) is 11.8 Å². The van der Waals surface area contributed by atoms with Crippen LogP contribution in [0, 0.1) is 5.41 Å². The number of carbonyl (C=O) groups excluding carboxylic acids is 1. The zero-order chi connectivity index (χ0) is 15.3. The fourth-order valence-corrected chi connectivity index (χ4v) is 3.46. The summed E-state index contributed by atoms with van der Waals surface area (Å²) in [5.41, 5.74) is 1.36. The molecule has 1 aliphatic heterocycles. The van der Waals surface area contributed by atoms with E-state index in [1.54, 1.807) is 0 Å². The fourth-order valence-electron chi connectivity index (χ4n) is 2.56. The lowest BCUT2D eigenvalue weighted by atomic mass is 9.85. The minimum atomic E-state index is 0.0771. The molecule has 0 spiro atoms. The molecule has 4 heteroatoms. The Bertz CT molecular complexity index is 450. The highest BCUT2D eigenvalue weighted by Gasteiger charge is 2.24. The van der Waals surface area contributed by atoms with Crippen molar-refractivity contribution in [1.82, 2.24) is 10.2 Å². The van der Waals surface area contributed by atoms with Gasteiger partial charge in [0.25, 0.3) is 0 Å². The molecule has 2 rings (SSSR count). The number of hydrogen-bond donors (Lipinski definition) is 1. The Labute approximate surface area is 132 Å². The summed E-state index contributed by atoms with van der Waals surface area (Å²) in [4.78, 5) is 14.4. The highest BCUT2D eigenvalue weighted by Crippen LogP contribution is 2.29. The van der Waals surface area contributed by atoms with Crippen molar-refractivity contribution in [3.63, 3.8) is 0 Å². The van der Waals surface area contributed by atoms with Crippen molar-refractivity contribution in [2.75, 3.05) is 24.6 Å². The van der Waals surface area contributed by atoms with Crippen LogP contribution in [0.25, 0.3) is 0 Å². The number of carbonyl (C=O) groups is 1. The predicted molar refractivity (Wildman–Crippen MR) is 90.7 cm³/mol. The fraction of sp³-hybridized carbons (Fsp3) is 0.588. The summed E-state index contributed by atoms with van der Waals surface area (Å²) in [6.07, 6.45) is 0.936. The van der Waals surface area contributed by atoms with Crippen molar-refractivity contribution in [1.29, 1.82) is 0 Å². The van der Waals surface area contributed by atoms with Crippen LogP contribution in [0.15, 0.2) is 30.3 Å². The Hall–Kier alpha value is -1.16. The van der Waals surface area contributed by atoms with Crippen molar-refractivity contribution in [3.05, 3.63) is 35.9 Å². The molecule has 1 aliphatic rings. The Morgan fingerprint density at radius 2 is 1.86 bits per heavy atom. The van der Waals surface area contributed by atoms with Gasteiger partial charge in [-0.1, -0.05) is 51.1 Å². The van der Waals surface area contributed by atoms with Gasteiger partial charge in [-0.15, -0.1) is 0 Å². The summed E-state index contributed by atoms with van der Waals surface area (Å²) >= 11 is 1.92. The molecule has 0 aromatic heterocycles. The molecule has 1 aromatic rings. The first-order chi connectivity index (χ1) is 9.96. The number of rotatable bonds is 3. The van der Waals surface area contributed by atoms with Crippen LogP contribution in [0.3, 0.4) is 0 Å². The van der Waals surface area contributed by atoms with Crippen LogP contribution >= 0.6 is 11.8 Å². The van der Waals surface area contributed by atoms with Gasteiger partial charge in [0.1, 0.15) is 0 Å². The molecular weight excluding hydrogens is 280 g/mol. The first kappa shape index (κ1) is 16.2. The molecule has 1 atom stereocenters. The number of nitrogens with zero attached hydrogens (tertiary/aromatic N) is 1. The van der Waals surface area contributed by atoms with Gasteiger partial charge in [0.15, 0.2) is 0 Å². The molecule has 0 aliphatic carbocycles. The van der Waals surface area contributed by atoms with E-state index in [0.717, 1.165) is 31.0 Å². The third-order valence-corrected chi connectivity index (χ3v) is 4.56. The molecule has 1 saturated heterocycles. The van der Waals surface area contributed by atoms with Crippen molar-refractivity contribution in [3.8, 4) is 0 Å². The minimum Gasteiger partial charge on any atom is -0.331 e. The molecule has 1 aromatic carbocycles. The summed E-state index contributed by atoms with van der Waals surface area (Å²) in [5, 5.41) is 3.24. The molecule has 3 nitrogen and oxygen atoms in total. The van der Waals surface area contributed by atoms with Crippen LogP contribution in [0.1, 0.15) is 38.8 Å². The molecule has 0 bridgehead atoms. The van der Waals surface area contributed by atoms with E-state index in [9.17, 15) is 4.79 Å². The number of amides is 2. The summed E-state index contributed by atoms with van der Waals surface area (Å²) in [7, 11) is 0. The van der Waals surface area contributed by atoms with Gasteiger partial charge in [0, 0.05) is 24.6 Å². The summed E-state index contributed by atoms with van der Waals surface area (Å²) in [5.74, 6) is 2.09. The van der Waals surface area contributed by atoms with Crippen LogP contribution in [0.2, 0.25) is 0 Å². The number of benzene rings is 1. The zero-order valence-electron chi connectivity index (χ0n) is 13.3. The lowest BCUT2D eigenvalue weighted by molar-refractivity contribution is 0.193. The van der Waals surface area contributed by atoms with E-state index in [-0.39, 0.29) is 17.5 Å². The Morgan fingerprint density at radius 3 is 2.43 bits per heavy atom. The molecule has 21 heavy (non-hydrogen) atoms. The van der Waals surface area contributed by atoms with Gasteiger partial charge in [-0.25, -0.2) is 4.79 Å². The molecule has 1 unspecified atom stereocenters. The molecule has 116 valence electrons. The molecule has 0 saturated carbocycles. The van der Waals surface area contributed by atoms with Crippen LogP contribution in [0.5, 0.6) is 0 Å². The van der Waals surface area contributed by atoms with E-state index in [0.29, 0.717) is 0 Å². The maximum Gasteiger partial charge on any atom is 0.317 e. The van der Waals surface area contributed by atoms with Crippen molar-refractivity contribution >= 4 is 17.8 Å². The summed E-state index contributed by atoms with van der Waals surface area (Å²) < 4.78 is 0. The second kappa shape index (κ2) is 7.21. The molecule has 1 heterocycles. The van der Waals surface area contributed by atoms with Crippen molar-refractivity contribution in [2.45, 2.75) is 33.2 Å². The topological polar surface area (TPSA) is 32.3 Å². The molecule has 1 N–H and O–H groups in total. The van der Waals surface area contributed by atoms with E-state index < -0.39 is 0 Å². The molecule has 2 amide bonds. The largest absolute Gasteiger partial charge is 0.331 e. The van der Waals surface area contributed by atoms with E-state index in [2.05, 4.69) is 38.2 Å². The number of hydrogen-bond acceptors (Lipinski definition) is 2. The van der Waals surface area contributed by atoms with Crippen molar-refractivity contribution < 1.29 is 4.79 Å². The van der Waals surface area contributed by atoms with Gasteiger partial charge in [0.05, 0.1) is 6.04 Å². The van der Waals surface area contributed by atoms with Crippen LogP contribution in [0.4, 0.5) is 4.79 Å². The molecule has 0 radical (unpaired) electrons. The second-order valence-corrected chi connectivity index (χ2v) is 8.00. The molecule has 1 fully saturated rings. The number of nitrogens with one attached hydrogen (secondary N) is 1. The van der Waals surface area contributed by atoms with E-state index in [1.807, 2.05) is 34.9 Å². The average Bonchev–Trinajstić information content (AvgIpc) is 2.47. The van der Waals surface area contributed by atoms with E-state index in [1.165, 1.54) is 5.56 Å². The first-order valence-corrected chi connectivity index (χ1v) is 8.79. The zero-order valence-corrected chi connectivity index (χ0v) is 14.1. The average molecular weight is 306 g/mol. The van der Waals surface area contributed by atoms with Crippen LogP contribution in [-0.4, -0.2) is 35.5 Å². The summed E-state index contributed by atoms with van der Waals surface area (Å²) in [6.45, 7) is 8.35. The van der Waals surface area contributed by atoms with Gasteiger partial charge in [-0.05, 0) is 17.4 Å². The SMILES string of the molecule is CC(C)(C)CC(NC(=O)N1CCSCC1)c1ccccc1. The molecular formula is C17H26N2OS. The number of urea groups is 1. The van der Waals surface area contributed by atoms with Gasteiger partial charge in [-0.3, -0.25) is 0 Å². The monoisotopic (exact) mass is 306 g/mol. The Kier molecular flexibility index (Phi) is 5.57. The Balaban J connectivity index is 2.06. The highest BCUT2D eigenvalue weighted by molar-refractivity contribution is 7.99. The predicted octanol–water partition coefficient (Wildman–Crippen LogP) is 3.92. The van der Waals surface area contributed by atoms with Gasteiger partial charge >= 0.3 is 6.03 Å². The van der Waals surface area contributed by atoms with Gasteiger partial charge < -0.3 is 10.2 Å². The lowest BCUT2D eigenvalue weighted by Gasteiger charge is -2.32. The summed E-state index contributed by atoms with van der Waals surface area (Å²) in [6, 6.07) is 10.4. The van der Waals surface area contributed by atoms with Crippen LogP contribution < -0.4 is 5.32 Å². The quantitative estimate of drug-likeness (QED) is 0.918.